The van der Waals surface area contributed by atoms with Crippen molar-refractivity contribution < 1.29 is 19.0 Å². The molecule has 0 bridgehead atoms. The van der Waals surface area contributed by atoms with E-state index in [2.05, 4.69) is 20.9 Å². The summed E-state index contributed by atoms with van der Waals surface area (Å²) in [6, 6.07) is 29.7. The Kier molecular flexibility index (Phi) is 9.78. The molecular weight excluding hydrogens is 547 g/mol. The Labute approximate surface area is 248 Å². The fraction of sp³-hybridized carbons (Fsp3) is 0.176. The second-order valence-corrected chi connectivity index (χ2v) is 10.1. The number of hydrogen-bond donors (Lipinski definition) is 5. The number of carbonyl (C=O) groups is 1. The molecule has 9 heteroatoms. The van der Waals surface area contributed by atoms with Crippen LogP contribution in [0.15, 0.2) is 108 Å². The van der Waals surface area contributed by atoms with Gasteiger partial charge < -0.3 is 30.8 Å². The number of amides is 2. The van der Waals surface area contributed by atoms with Crippen molar-refractivity contribution in [3.8, 4) is 5.75 Å². The average Bonchev–Trinajstić information content (AvgIpc) is 3.02. The predicted octanol–water partition coefficient (Wildman–Crippen LogP) is 5.43. The molecule has 0 aliphatic rings. The van der Waals surface area contributed by atoms with Gasteiger partial charge in [-0.25, -0.2) is 9.18 Å². The molecule has 0 saturated carbocycles. The number of pyridine rings is 1. The summed E-state index contributed by atoms with van der Waals surface area (Å²) in [6.07, 6.45) is -0.130. The van der Waals surface area contributed by atoms with Gasteiger partial charge in [0.15, 0.2) is 0 Å². The number of rotatable bonds is 12. The van der Waals surface area contributed by atoms with Crippen LogP contribution in [0, 0.1) is 5.82 Å². The number of benzene rings is 4. The molecule has 5 N–H and O–H groups in total. The zero-order valence-electron chi connectivity index (χ0n) is 23.5. The molecule has 5 aromatic rings. The van der Waals surface area contributed by atoms with Gasteiger partial charge in [-0.05, 0) is 71.6 Å². The van der Waals surface area contributed by atoms with E-state index < -0.39 is 6.10 Å². The molecule has 0 fully saturated rings. The molecule has 0 radical (unpaired) electrons. The molecule has 0 aliphatic heterocycles. The fourth-order valence-electron chi connectivity index (χ4n) is 4.74. The van der Waals surface area contributed by atoms with Gasteiger partial charge in [0.05, 0.1) is 11.6 Å². The van der Waals surface area contributed by atoms with Crippen LogP contribution in [0.5, 0.6) is 5.75 Å². The second kappa shape index (κ2) is 14.3. The minimum Gasteiger partial charge on any atom is -0.487 e. The van der Waals surface area contributed by atoms with Crippen molar-refractivity contribution in [2.75, 3.05) is 18.4 Å². The summed E-state index contributed by atoms with van der Waals surface area (Å²) in [7, 11) is 0. The van der Waals surface area contributed by atoms with E-state index in [1.807, 2.05) is 54.6 Å². The summed E-state index contributed by atoms with van der Waals surface area (Å²) >= 11 is 0. The van der Waals surface area contributed by atoms with E-state index in [9.17, 15) is 19.1 Å². The van der Waals surface area contributed by atoms with Crippen LogP contribution in [-0.4, -0.2) is 29.2 Å². The van der Waals surface area contributed by atoms with E-state index in [4.69, 9.17) is 4.74 Å². The maximum Gasteiger partial charge on any atom is 0.319 e. The van der Waals surface area contributed by atoms with Crippen molar-refractivity contribution in [1.82, 2.24) is 15.6 Å². The van der Waals surface area contributed by atoms with Crippen molar-refractivity contribution in [3.05, 3.63) is 142 Å². The number of hydrogen-bond acceptors (Lipinski definition) is 5. The number of aromatic nitrogens is 1. The molecule has 43 heavy (non-hydrogen) atoms. The number of fused-ring (bicyclic) bond motifs is 1. The van der Waals surface area contributed by atoms with Gasteiger partial charge in [-0.1, -0.05) is 60.7 Å². The van der Waals surface area contributed by atoms with Gasteiger partial charge in [0, 0.05) is 30.2 Å². The van der Waals surface area contributed by atoms with Gasteiger partial charge in [-0.3, -0.25) is 4.79 Å². The Balaban J connectivity index is 1.13. The van der Waals surface area contributed by atoms with E-state index in [-0.39, 0.29) is 24.0 Å². The summed E-state index contributed by atoms with van der Waals surface area (Å²) in [6.45, 7) is 1.55. The molecule has 1 atom stereocenters. The number of aliphatic hydroxyl groups excluding tert-OH is 1. The number of aromatic amines is 1. The van der Waals surface area contributed by atoms with Crippen LogP contribution in [0.4, 0.5) is 14.9 Å². The van der Waals surface area contributed by atoms with E-state index in [1.165, 1.54) is 18.2 Å². The lowest BCUT2D eigenvalue weighted by Gasteiger charge is -2.17. The molecule has 0 saturated heterocycles. The normalized spacial score (nSPS) is 11.7. The Hall–Kier alpha value is -4.99. The molecule has 2 amide bonds. The zero-order valence-corrected chi connectivity index (χ0v) is 23.5. The highest BCUT2D eigenvalue weighted by Gasteiger charge is 2.15. The van der Waals surface area contributed by atoms with Crippen molar-refractivity contribution in [3.63, 3.8) is 0 Å². The van der Waals surface area contributed by atoms with Crippen molar-refractivity contribution in [2.24, 2.45) is 0 Å². The van der Waals surface area contributed by atoms with Crippen LogP contribution < -0.4 is 26.2 Å². The third kappa shape index (κ3) is 8.28. The van der Waals surface area contributed by atoms with Crippen LogP contribution in [-0.2, 0) is 19.6 Å². The molecule has 5 rings (SSSR count). The van der Waals surface area contributed by atoms with Crippen molar-refractivity contribution >= 4 is 22.6 Å². The smallest absolute Gasteiger partial charge is 0.319 e. The quantitative estimate of drug-likeness (QED) is 0.126. The van der Waals surface area contributed by atoms with E-state index in [0.717, 1.165) is 22.1 Å². The Morgan fingerprint density at radius 3 is 2.49 bits per heavy atom. The highest BCUT2D eigenvalue weighted by atomic mass is 19.1. The van der Waals surface area contributed by atoms with E-state index >= 15 is 0 Å². The van der Waals surface area contributed by atoms with Crippen LogP contribution >= 0.6 is 0 Å². The fourth-order valence-corrected chi connectivity index (χ4v) is 4.74. The third-order valence-corrected chi connectivity index (χ3v) is 6.97. The number of anilines is 1. The first kappa shape index (κ1) is 29.5. The maximum absolute atomic E-state index is 13.1. The SMILES string of the molecule is O=C(NCc1ccc(F)cc1)Nc1cccc(CCNCC(O)c2ccc(OCc3ccccc3)c3[nH]c(=O)ccc23)c1. The van der Waals surface area contributed by atoms with Crippen molar-refractivity contribution in [1.29, 1.82) is 0 Å². The number of aliphatic hydroxyl groups is 1. The van der Waals surface area contributed by atoms with Gasteiger partial charge in [-0.15, -0.1) is 0 Å². The van der Waals surface area contributed by atoms with Crippen LogP contribution in [0.2, 0.25) is 0 Å². The predicted molar refractivity (Wildman–Crippen MR) is 166 cm³/mol. The first-order valence-corrected chi connectivity index (χ1v) is 14.0. The van der Waals surface area contributed by atoms with Gasteiger partial charge in [0.1, 0.15) is 18.2 Å². The second-order valence-electron chi connectivity index (χ2n) is 10.1. The Bertz CT molecular complexity index is 1720. The van der Waals surface area contributed by atoms with E-state index in [0.29, 0.717) is 48.6 Å². The van der Waals surface area contributed by atoms with Crippen LogP contribution in [0.25, 0.3) is 10.9 Å². The molecule has 1 unspecified atom stereocenters. The first-order chi connectivity index (χ1) is 20.9. The largest absolute Gasteiger partial charge is 0.487 e. The number of ether oxygens (including phenoxy) is 1. The summed E-state index contributed by atoms with van der Waals surface area (Å²) in [5, 5.41) is 20.6. The van der Waals surface area contributed by atoms with Gasteiger partial charge >= 0.3 is 6.03 Å². The summed E-state index contributed by atoms with van der Waals surface area (Å²) in [5.41, 5.74) is 4.46. The van der Waals surface area contributed by atoms with Gasteiger partial charge in [0.2, 0.25) is 5.56 Å². The van der Waals surface area contributed by atoms with Gasteiger partial charge in [0.25, 0.3) is 0 Å². The number of H-pyrrole nitrogens is 1. The highest BCUT2D eigenvalue weighted by molar-refractivity contribution is 5.89. The van der Waals surface area contributed by atoms with Crippen LogP contribution in [0.1, 0.15) is 28.4 Å². The zero-order chi connectivity index (χ0) is 30.0. The van der Waals surface area contributed by atoms with E-state index in [1.54, 1.807) is 30.3 Å². The lowest BCUT2D eigenvalue weighted by atomic mass is 10.0. The van der Waals surface area contributed by atoms with Crippen LogP contribution in [0.3, 0.4) is 0 Å². The lowest BCUT2D eigenvalue weighted by Crippen LogP contribution is -2.28. The standard InChI is InChI=1S/C34H33FN4O4/c35-26-11-9-24(10-12-26)20-37-34(42)38-27-8-4-7-23(19-27)17-18-36-21-30(40)28-13-15-31(33-29(28)14-16-32(41)39-33)43-22-25-5-2-1-3-6-25/h1-16,19,30,36,40H,17-18,20-22H2,(H,39,41)(H2,37,38,42). The monoisotopic (exact) mass is 580 g/mol. The highest BCUT2D eigenvalue weighted by Crippen LogP contribution is 2.30. The minimum atomic E-state index is -0.811. The molecule has 0 spiro atoms. The van der Waals surface area contributed by atoms with Crippen molar-refractivity contribution in [2.45, 2.75) is 25.7 Å². The lowest BCUT2D eigenvalue weighted by molar-refractivity contribution is 0.176. The maximum atomic E-state index is 13.1. The molecule has 0 aliphatic carbocycles. The third-order valence-electron chi connectivity index (χ3n) is 6.97. The summed E-state index contributed by atoms with van der Waals surface area (Å²) in [4.78, 5) is 27.3. The number of nitrogens with one attached hydrogen (secondary N) is 4. The number of halogens is 1. The molecule has 1 aromatic heterocycles. The summed E-state index contributed by atoms with van der Waals surface area (Å²) < 4.78 is 19.1. The number of carbonyl (C=O) groups excluding carboxylic acids is 1. The Morgan fingerprint density at radius 1 is 0.884 bits per heavy atom. The average molecular weight is 581 g/mol. The Morgan fingerprint density at radius 2 is 1.67 bits per heavy atom. The number of urea groups is 1. The molecule has 220 valence electrons. The topological polar surface area (TPSA) is 115 Å². The molecule has 1 heterocycles. The molecule has 4 aromatic carbocycles. The minimum absolute atomic E-state index is 0.246. The summed E-state index contributed by atoms with van der Waals surface area (Å²) in [5.74, 6) is 0.220. The molecule has 8 nitrogen and oxygen atoms in total. The molecular formula is C34H33FN4O4. The van der Waals surface area contributed by atoms with Gasteiger partial charge in [-0.2, -0.15) is 0 Å². The first-order valence-electron chi connectivity index (χ1n) is 14.0.